The molecule has 0 saturated carbocycles. The van der Waals surface area contributed by atoms with Crippen LogP contribution in [-0.2, 0) is 15.4 Å². The van der Waals surface area contributed by atoms with Crippen molar-refractivity contribution >= 4 is 23.1 Å². The third kappa shape index (κ3) is 3.48. The van der Waals surface area contributed by atoms with Crippen molar-refractivity contribution in [1.29, 1.82) is 10.5 Å². The van der Waals surface area contributed by atoms with Crippen LogP contribution >= 0.6 is 7.14 Å². The van der Waals surface area contributed by atoms with Crippen molar-refractivity contribution in [3.63, 3.8) is 0 Å². The fraction of sp³-hybridized carbons (Fsp3) is 0.158. The second-order valence-electron chi connectivity index (χ2n) is 12.4. The van der Waals surface area contributed by atoms with E-state index in [1.54, 1.807) is 0 Å². The zero-order chi connectivity index (χ0) is 29.4. The number of fused-ring (bicyclic) bond motifs is 6. The van der Waals surface area contributed by atoms with Gasteiger partial charge in [0.15, 0.2) is 7.14 Å². The van der Waals surface area contributed by atoms with Gasteiger partial charge in [-0.05, 0) is 80.9 Å². The molecule has 2 aliphatic carbocycles. The summed E-state index contributed by atoms with van der Waals surface area (Å²) in [6.07, 6.45) is 0. The average molecular weight is 561 g/mol. The summed E-state index contributed by atoms with van der Waals surface area (Å²) in [5.41, 5.74) is 9.60. The maximum absolute atomic E-state index is 15.7. The maximum Gasteiger partial charge on any atom is 0.171 e. The number of hydrogen-bond donors (Lipinski definition) is 0. The third-order valence-electron chi connectivity index (χ3n) is 9.42. The van der Waals surface area contributed by atoms with Gasteiger partial charge in [0.2, 0.25) is 0 Å². The molecule has 0 heterocycles. The largest absolute Gasteiger partial charge is 0.309 e. The Morgan fingerprint density at radius 2 is 0.881 bits per heavy atom. The molecule has 0 atom stereocenters. The van der Waals surface area contributed by atoms with Crippen LogP contribution in [-0.4, -0.2) is 0 Å². The summed E-state index contributed by atoms with van der Waals surface area (Å²) in [5, 5.41) is 21.6. The van der Waals surface area contributed by atoms with Crippen LogP contribution in [0.4, 0.5) is 0 Å². The van der Waals surface area contributed by atoms with Gasteiger partial charge >= 0.3 is 0 Å². The molecule has 42 heavy (non-hydrogen) atoms. The lowest BCUT2D eigenvalue weighted by molar-refractivity contribution is 0.592. The first-order chi connectivity index (χ1) is 20.1. The molecule has 0 saturated heterocycles. The maximum atomic E-state index is 15.7. The average Bonchev–Trinajstić information content (AvgIpc) is 3.39. The first-order valence-corrected chi connectivity index (χ1v) is 15.9. The fourth-order valence-corrected chi connectivity index (χ4v) is 9.81. The van der Waals surface area contributed by atoms with E-state index >= 15 is 4.57 Å². The molecule has 0 fully saturated rings. The summed E-state index contributed by atoms with van der Waals surface area (Å²) >= 11 is 0. The predicted molar refractivity (Wildman–Crippen MR) is 170 cm³/mol. The molecule has 0 N–H and O–H groups in total. The van der Waals surface area contributed by atoms with E-state index in [4.69, 9.17) is 0 Å². The summed E-state index contributed by atoms with van der Waals surface area (Å²) < 4.78 is 15.7. The molecule has 7 rings (SSSR count). The van der Waals surface area contributed by atoms with Crippen molar-refractivity contribution in [1.82, 2.24) is 0 Å². The van der Waals surface area contributed by atoms with Crippen LogP contribution in [0.15, 0.2) is 103 Å². The lowest BCUT2D eigenvalue weighted by atomic mass is 9.82. The first-order valence-electron chi connectivity index (χ1n) is 14.2. The Morgan fingerprint density at radius 1 is 0.500 bits per heavy atom. The van der Waals surface area contributed by atoms with Crippen LogP contribution in [0.1, 0.15) is 61.1 Å². The van der Waals surface area contributed by atoms with E-state index in [2.05, 4.69) is 76.2 Å². The summed E-state index contributed by atoms with van der Waals surface area (Å²) in [6.45, 7) is 8.81. The number of nitrogens with zero attached hydrogens (tertiary/aromatic N) is 2. The number of nitriles is 2. The van der Waals surface area contributed by atoms with E-state index in [1.165, 1.54) is 22.3 Å². The number of rotatable bonds is 3. The van der Waals surface area contributed by atoms with Gasteiger partial charge in [0.1, 0.15) is 0 Å². The van der Waals surface area contributed by atoms with Gasteiger partial charge in [0.25, 0.3) is 0 Å². The normalized spacial score (nSPS) is 15.1. The van der Waals surface area contributed by atoms with Crippen molar-refractivity contribution in [2.24, 2.45) is 0 Å². The molecular weight excluding hydrogens is 531 g/mol. The Hall–Kier alpha value is -4.69. The van der Waals surface area contributed by atoms with Gasteiger partial charge in [-0.2, -0.15) is 10.5 Å². The highest BCUT2D eigenvalue weighted by Crippen LogP contribution is 2.53. The molecule has 2 aliphatic rings. The van der Waals surface area contributed by atoms with Gasteiger partial charge in [0.05, 0.1) is 23.3 Å². The Morgan fingerprint density at radius 3 is 1.29 bits per heavy atom. The van der Waals surface area contributed by atoms with E-state index in [9.17, 15) is 10.5 Å². The molecule has 0 radical (unpaired) electrons. The predicted octanol–water partition coefficient (Wildman–Crippen LogP) is 7.68. The highest BCUT2D eigenvalue weighted by Gasteiger charge is 2.40. The third-order valence-corrected chi connectivity index (χ3v) is 12.5. The van der Waals surface area contributed by atoms with Crippen molar-refractivity contribution in [2.75, 3.05) is 0 Å². The lowest BCUT2D eigenvalue weighted by Crippen LogP contribution is -2.26. The molecular formula is C38H29N2OP. The highest BCUT2D eigenvalue weighted by molar-refractivity contribution is 7.85. The van der Waals surface area contributed by atoms with Crippen LogP contribution in [0, 0.1) is 22.7 Å². The minimum atomic E-state index is -3.32. The van der Waals surface area contributed by atoms with Crippen LogP contribution in [0.3, 0.4) is 0 Å². The molecule has 0 unspecified atom stereocenters. The molecule has 0 aromatic heterocycles. The lowest BCUT2D eigenvalue weighted by Gasteiger charge is -2.25. The van der Waals surface area contributed by atoms with Crippen LogP contribution < -0.4 is 15.9 Å². The van der Waals surface area contributed by atoms with E-state index < -0.39 is 7.14 Å². The number of hydrogen-bond acceptors (Lipinski definition) is 3. The molecule has 0 bridgehead atoms. The van der Waals surface area contributed by atoms with E-state index in [0.29, 0.717) is 11.1 Å². The molecule has 4 heteroatoms. The quantitative estimate of drug-likeness (QED) is 0.213. The highest BCUT2D eigenvalue weighted by atomic mass is 31.2. The number of benzene rings is 5. The summed E-state index contributed by atoms with van der Waals surface area (Å²) in [5.74, 6) is 0. The topological polar surface area (TPSA) is 64.7 Å². The molecule has 0 aliphatic heterocycles. The molecule has 5 aromatic carbocycles. The van der Waals surface area contributed by atoms with Crippen LogP contribution in [0.25, 0.3) is 22.3 Å². The first kappa shape index (κ1) is 26.2. The van der Waals surface area contributed by atoms with Crippen LogP contribution in [0.5, 0.6) is 0 Å². The molecule has 202 valence electrons. The zero-order valence-electron chi connectivity index (χ0n) is 24.1. The Bertz CT molecular complexity index is 1960. The van der Waals surface area contributed by atoms with E-state index in [-0.39, 0.29) is 10.8 Å². The minimum Gasteiger partial charge on any atom is -0.309 e. The Kier molecular flexibility index (Phi) is 5.56. The SMILES string of the molecule is CC1(C)c2ccc(C#N)cc2-c2cc(P(=O)(c3ccccc3)c3ccc4c(c3)-c3cc(C#N)ccc3C4(C)C)ccc21. The molecule has 0 spiro atoms. The van der Waals surface area contributed by atoms with Gasteiger partial charge in [-0.1, -0.05) is 94.4 Å². The van der Waals surface area contributed by atoms with Crippen molar-refractivity contribution in [2.45, 2.75) is 38.5 Å². The molecule has 0 amide bonds. The van der Waals surface area contributed by atoms with Gasteiger partial charge in [-0.15, -0.1) is 0 Å². The second-order valence-corrected chi connectivity index (χ2v) is 15.2. The summed E-state index contributed by atoms with van der Waals surface area (Å²) in [7, 11) is -3.32. The summed E-state index contributed by atoms with van der Waals surface area (Å²) in [6, 6.07) is 38.6. The van der Waals surface area contributed by atoms with E-state index in [1.807, 2.05) is 66.7 Å². The van der Waals surface area contributed by atoms with Crippen molar-refractivity contribution in [3.8, 4) is 34.4 Å². The second kappa shape index (κ2) is 8.90. The van der Waals surface area contributed by atoms with Crippen molar-refractivity contribution < 1.29 is 4.57 Å². The Balaban J connectivity index is 1.48. The standard InChI is InChI=1S/C38H29N2OP/c1-37(2)33-14-10-24(22-39)18-29(33)31-20-27(12-16-35(31)37)42(41,26-8-6-5-7-9-26)28-13-17-36-32(21-28)30-19-25(23-40)11-15-34(30)38(36,3)4/h5-21H,1-4H3. The van der Waals surface area contributed by atoms with Gasteiger partial charge in [0, 0.05) is 26.7 Å². The molecule has 3 nitrogen and oxygen atoms in total. The minimum absolute atomic E-state index is 0.227. The summed E-state index contributed by atoms with van der Waals surface area (Å²) in [4.78, 5) is 0. The molecule has 5 aromatic rings. The fourth-order valence-electron chi connectivity index (χ4n) is 7.13. The Labute approximate surface area is 247 Å². The van der Waals surface area contributed by atoms with Gasteiger partial charge < -0.3 is 4.57 Å². The van der Waals surface area contributed by atoms with E-state index in [0.717, 1.165) is 38.2 Å². The monoisotopic (exact) mass is 560 g/mol. The van der Waals surface area contributed by atoms with Gasteiger partial charge in [-0.3, -0.25) is 0 Å². The van der Waals surface area contributed by atoms with Gasteiger partial charge in [-0.25, -0.2) is 0 Å². The smallest absolute Gasteiger partial charge is 0.171 e. The van der Waals surface area contributed by atoms with Crippen LogP contribution in [0.2, 0.25) is 0 Å². The zero-order valence-corrected chi connectivity index (χ0v) is 25.0. The van der Waals surface area contributed by atoms with Crippen molar-refractivity contribution in [3.05, 3.63) is 137 Å².